The van der Waals surface area contributed by atoms with Gasteiger partial charge in [-0.15, -0.1) is 11.3 Å². The number of benzene rings is 1. The van der Waals surface area contributed by atoms with E-state index in [4.69, 9.17) is 4.74 Å². The molecule has 0 bridgehead atoms. The number of nitriles is 1. The van der Waals surface area contributed by atoms with E-state index in [1.807, 2.05) is 29.6 Å². The van der Waals surface area contributed by atoms with Gasteiger partial charge in [-0.05, 0) is 82.0 Å². The number of amides is 3. The highest BCUT2D eigenvalue weighted by atomic mass is 32.1. The maximum atomic E-state index is 13.9. The van der Waals surface area contributed by atoms with Crippen LogP contribution < -0.4 is 10.6 Å². The molecule has 220 valence electrons. The zero-order chi connectivity index (χ0) is 29.5. The van der Waals surface area contributed by atoms with Crippen LogP contribution in [0, 0.1) is 16.7 Å². The molecule has 0 radical (unpaired) electrons. The normalized spacial score (nSPS) is 18.1. The highest BCUT2D eigenvalue weighted by molar-refractivity contribution is 7.09. The van der Waals surface area contributed by atoms with Gasteiger partial charge in [-0.3, -0.25) is 9.59 Å². The Morgan fingerprint density at radius 1 is 1.10 bits per heavy atom. The number of hydrogen-bond acceptors (Lipinski definition) is 6. The predicted octanol–water partition coefficient (Wildman–Crippen LogP) is 5.36. The third-order valence-electron chi connectivity index (χ3n) is 8.05. The SMILES string of the molecule is CC(C)(C)OC(=O)NC(Cc1cccs1)C(=O)N1CCC(Cc2ccc(C#N)cc2)(C(=O)NC2CCCCC2)CC1. The van der Waals surface area contributed by atoms with Crippen LogP contribution in [-0.4, -0.2) is 53.6 Å². The summed E-state index contributed by atoms with van der Waals surface area (Å²) >= 11 is 1.54. The molecule has 1 aliphatic heterocycles. The van der Waals surface area contributed by atoms with Crippen molar-refractivity contribution in [2.75, 3.05) is 13.1 Å². The number of nitrogens with zero attached hydrogens (tertiary/aromatic N) is 2. The van der Waals surface area contributed by atoms with Crippen LogP contribution >= 0.6 is 11.3 Å². The average Bonchev–Trinajstić information content (AvgIpc) is 3.46. The van der Waals surface area contributed by atoms with Crippen molar-refractivity contribution >= 4 is 29.2 Å². The molecule has 4 rings (SSSR count). The highest BCUT2D eigenvalue weighted by Gasteiger charge is 2.44. The fourth-order valence-corrected chi connectivity index (χ4v) is 6.56. The lowest BCUT2D eigenvalue weighted by atomic mass is 9.72. The van der Waals surface area contributed by atoms with Gasteiger partial charge in [0.1, 0.15) is 11.6 Å². The van der Waals surface area contributed by atoms with Crippen LogP contribution in [0.25, 0.3) is 0 Å². The number of likely N-dealkylation sites (tertiary alicyclic amines) is 1. The maximum Gasteiger partial charge on any atom is 0.408 e. The molecule has 1 aromatic heterocycles. The van der Waals surface area contributed by atoms with Crippen molar-refractivity contribution in [2.24, 2.45) is 5.41 Å². The first kappa shape index (κ1) is 30.6. The fourth-order valence-electron chi connectivity index (χ4n) is 5.81. The van der Waals surface area contributed by atoms with Gasteiger partial charge in [-0.1, -0.05) is 37.5 Å². The van der Waals surface area contributed by atoms with Crippen molar-refractivity contribution in [3.63, 3.8) is 0 Å². The minimum atomic E-state index is -0.759. The van der Waals surface area contributed by atoms with Crippen LogP contribution in [0.15, 0.2) is 41.8 Å². The average molecular weight is 579 g/mol. The number of alkyl carbamates (subject to hydrolysis) is 1. The standard InChI is InChI=1S/C32H42N4O4S/c1-31(2,3)40-30(39)35-27(20-26-10-7-19-41-26)28(37)36-17-15-32(16-18-36,21-23-11-13-24(22-33)14-12-23)29(38)34-25-8-5-4-6-9-25/h7,10-14,19,25,27H,4-6,8-9,15-18,20-21H2,1-3H3,(H,34,38)(H,35,39). The minimum absolute atomic E-state index is 0.0582. The van der Waals surface area contributed by atoms with Crippen LogP contribution in [-0.2, 0) is 27.2 Å². The van der Waals surface area contributed by atoms with Gasteiger partial charge in [0.05, 0.1) is 17.0 Å². The number of piperidine rings is 1. The number of thiophene rings is 1. The number of nitrogens with one attached hydrogen (secondary N) is 2. The summed E-state index contributed by atoms with van der Waals surface area (Å²) in [6, 6.07) is 12.9. The number of carbonyl (C=O) groups is 3. The lowest BCUT2D eigenvalue weighted by molar-refractivity contribution is -0.142. The molecular weight excluding hydrogens is 536 g/mol. The van der Waals surface area contributed by atoms with Crippen molar-refractivity contribution in [1.29, 1.82) is 5.26 Å². The Morgan fingerprint density at radius 2 is 1.78 bits per heavy atom. The molecule has 0 spiro atoms. The van der Waals surface area contributed by atoms with Gasteiger partial charge in [-0.25, -0.2) is 4.79 Å². The van der Waals surface area contributed by atoms with Gasteiger partial charge in [0.15, 0.2) is 0 Å². The molecule has 1 aromatic carbocycles. The van der Waals surface area contributed by atoms with Gasteiger partial charge < -0.3 is 20.3 Å². The molecule has 1 atom stereocenters. The molecular formula is C32H42N4O4S. The Bertz CT molecular complexity index is 1220. The van der Waals surface area contributed by atoms with Crippen molar-refractivity contribution in [1.82, 2.24) is 15.5 Å². The highest BCUT2D eigenvalue weighted by Crippen LogP contribution is 2.37. The van der Waals surface area contributed by atoms with Crippen molar-refractivity contribution in [3.05, 3.63) is 57.8 Å². The molecule has 2 aromatic rings. The maximum absolute atomic E-state index is 13.9. The molecule has 1 saturated carbocycles. The van der Waals surface area contributed by atoms with E-state index in [0.717, 1.165) is 36.1 Å². The second-order valence-corrected chi connectivity index (χ2v) is 13.4. The summed E-state index contributed by atoms with van der Waals surface area (Å²) in [6.07, 6.45) is 6.84. The Hall–Kier alpha value is -3.38. The first-order chi connectivity index (χ1) is 19.6. The summed E-state index contributed by atoms with van der Waals surface area (Å²) in [5.41, 5.74) is 0.265. The van der Waals surface area contributed by atoms with E-state index in [1.165, 1.54) is 6.42 Å². The summed E-state index contributed by atoms with van der Waals surface area (Å²) in [6.45, 7) is 6.21. The topological polar surface area (TPSA) is 112 Å². The second-order valence-electron chi connectivity index (χ2n) is 12.4. The van der Waals surface area contributed by atoms with Gasteiger partial charge in [0, 0.05) is 30.4 Å². The lowest BCUT2D eigenvalue weighted by Gasteiger charge is -2.42. The molecule has 8 nitrogen and oxygen atoms in total. The van der Waals surface area contributed by atoms with Crippen LogP contribution in [0.5, 0.6) is 0 Å². The summed E-state index contributed by atoms with van der Waals surface area (Å²) in [5.74, 6) is -0.105. The third-order valence-corrected chi connectivity index (χ3v) is 8.95. The molecule has 41 heavy (non-hydrogen) atoms. The van der Waals surface area contributed by atoms with E-state index in [1.54, 1.807) is 49.1 Å². The monoisotopic (exact) mass is 578 g/mol. The van der Waals surface area contributed by atoms with Gasteiger partial charge in [-0.2, -0.15) is 5.26 Å². The van der Waals surface area contributed by atoms with E-state index in [0.29, 0.717) is 44.3 Å². The van der Waals surface area contributed by atoms with E-state index in [-0.39, 0.29) is 17.9 Å². The number of hydrogen-bond donors (Lipinski definition) is 2. The summed E-state index contributed by atoms with van der Waals surface area (Å²) in [4.78, 5) is 43.1. The first-order valence-electron chi connectivity index (χ1n) is 14.7. The van der Waals surface area contributed by atoms with Crippen LogP contribution in [0.3, 0.4) is 0 Å². The summed E-state index contributed by atoms with van der Waals surface area (Å²) < 4.78 is 5.45. The largest absolute Gasteiger partial charge is 0.444 e. The molecule has 2 fully saturated rings. The number of rotatable bonds is 8. The fraction of sp³-hybridized carbons (Fsp3) is 0.562. The van der Waals surface area contributed by atoms with Crippen molar-refractivity contribution < 1.29 is 19.1 Å². The predicted molar refractivity (Wildman–Crippen MR) is 159 cm³/mol. The quantitative estimate of drug-likeness (QED) is 0.438. The Kier molecular flexibility index (Phi) is 10.1. The van der Waals surface area contributed by atoms with Gasteiger partial charge >= 0.3 is 6.09 Å². The van der Waals surface area contributed by atoms with Crippen molar-refractivity contribution in [2.45, 2.75) is 96.2 Å². The first-order valence-corrected chi connectivity index (χ1v) is 15.6. The smallest absolute Gasteiger partial charge is 0.408 e. The summed E-state index contributed by atoms with van der Waals surface area (Å²) in [7, 11) is 0. The molecule has 1 unspecified atom stereocenters. The third kappa shape index (κ3) is 8.56. The Labute approximate surface area is 247 Å². The van der Waals surface area contributed by atoms with Gasteiger partial charge in [0.2, 0.25) is 11.8 Å². The van der Waals surface area contributed by atoms with Gasteiger partial charge in [0.25, 0.3) is 0 Å². The van der Waals surface area contributed by atoms with Crippen LogP contribution in [0.2, 0.25) is 0 Å². The molecule has 2 heterocycles. The zero-order valence-electron chi connectivity index (χ0n) is 24.4. The van der Waals surface area contributed by atoms with Crippen LogP contribution in [0.4, 0.5) is 4.79 Å². The number of ether oxygens (including phenoxy) is 1. The Balaban J connectivity index is 1.49. The molecule has 2 N–H and O–H groups in total. The lowest BCUT2D eigenvalue weighted by Crippen LogP contribution is -2.56. The second kappa shape index (κ2) is 13.5. The van der Waals surface area contributed by atoms with Crippen molar-refractivity contribution in [3.8, 4) is 6.07 Å². The molecule has 3 amide bonds. The minimum Gasteiger partial charge on any atom is -0.444 e. The molecule has 1 saturated heterocycles. The van der Waals surface area contributed by atoms with E-state index in [9.17, 15) is 19.6 Å². The summed E-state index contributed by atoms with van der Waals surface area (Å²) in [5, 5.41) is 17.3. The molecule has 9 heteroatoms. The molecule has 1 aliphatic carbocycles. The number of carbonyl (C=O) groups excluding carboxylic acids is 3. The Morgan fingerprint density at radius 3 is 2.37 bits per heavy atom. The van der Waals surface area contributed by atoms with Crippen LogP contribution in [0.1, 0.15) is 81.7 Å². The molecule has 2 aliphatic rings. The van der Waals surface area contributed by atoms with E-state index < -0.39 is 23.2 Å². The van der Waals surface area contributed by atoms with E-state index >= 15 is 0 Å². The van der Waals surface area contributed by atoms with E-state index in [2.05, 4.69) is 16.7 Å². The zero-order valence-corrected chi connectivity index (χ0v) is 25.2.